The first-order valence-electron chi connectivity index (χ1n) is 10.6. The molecule has 0 aliphatic rings. The van der Waals surface area contributed by atoms with Crippen LogP contribution >= 0.6 is 0 Å². The van der Waals surface area contributed by atoms with E-state index in [0.717, 1.165) is 44.5 Å². The van der Waals surface area contributed by atoms with E-state index in [-0.39, 0.29) is 28.2 Å². The lowest BCUT2D eigenvalue weighted by Crippen LogP contribution is -2.14. The second-order valence-electron chi connectivity index (χ2n) is 10.7. The van der Waals surface area contributed by atoms with E-state index < -0.39 is 0 Å². The van der Waals surface area contributed by atoms with E-state index in [1.54, 1.807) is 0 Å². The zero-order valence-corrected chi connectivity index (χ0v) is 20.2. The third-order valence-electron chi connectivity index (χ3n) is 5.86. The molecule has 0 saturated heterocycles. The van der Waals surface area contributed by atoms with E-state index in [1.165, 1.54) is 0 Å². The molecule has 2 aromatic rings. The molecule has 2 N–H and O–H groups in total. The van der Waals surface area contributed by atoms with Crippen molar-refractivity contribution in [3.8, 4) is 11.5 Å². The summed E-state index contributed by atoms with van der Waals surface area (Å²) in [5.74, 6) is 0.270. The first kappa shape index (κ1) is 23.8. The lowest BCUT2D eigenvalue weighted by Gasteiger charge is -2.27. The first-order chi connectivity index (χ1) is 13.6. The Bertz CT molecular complexity index is 913. The number of hydrogen-bond donors (Lipinski definition) is 2. The Balaban J connectivity index is 2.84. The van der Waals surface area contributed by atoms with E-state index in [1.807, 2.05) is 32.9 Å². The van der Waals surface area contributed by atoms with Gasteiger partial charge in [0.1, 0.15) is 11.5 Å². The Kier molecular flexibility index (Phi) is 6.33. The molecule has 0 spiro atoms. The van der Waals surface area contributed by atoms with Crippen molar-refractivity contribution in [2.24, 2.45) is 0 Å². The Morgan fingerprint density at radius 3 is 1.23 bits per heavy atom. The summed E-state index contributed by atoms with van der Waals surface area (Å²) in [4.78, 5) is 0. The van der Waals surface area contributed by atoms with E-state index in [4.69, 9.17) is 0 Å². The van der Waals surface area contributed by atoms with Crippen molar-refractivity contribution in [2.75, 3.05) is 0 Å². The molecule has 162 valence electrons. The summed E-state index contributed by atoms with van der Waals surface area (Å²) >= 11 is 0. The van der Waals surface area contributed by atoms with Crippen molar-refractivity contribution in [2.45, 2.75) is 79.1 Å². The maximum atomic E-state index is 11.1. The average Bonchev–Trinajstić information content (AvgIpc) is 2.58. The van der Waals surface area contributed by atoms with Crippen LogP contribution in [0.25, 0.3) is 11.1 Å². The summed E-state index contributed by atoms with van der Waals surface area (Å²) in [5, 5.41) is 22.2. The Hall–Kier alpha value is -2.48. The smallest absolute Gasteiger partial charge is 0.126 e. The minimum absolute atomic E-state index is 0.0788. The second kappa shape index (κ2) is 7.98. The fourth-order valence-electron chi connectivity index (χ4n) is 3.66. The molecule has 0 aliphatic heterocycles. The highest BCUT2D eigenvalue weighted by Gasteiger charge is 2.26. The predicted molar refractivity (Wildman–Crippen MR) is 131 cm³/mol. The van der Waals surface area contributed by atoms with Crippen molar-refractivity contribution < 1.29 is 10.2 Å². The number of phenolic OH excluding ortho intramolecular Hbond substituents is 2. The van der Waals surface area contributed by atoms with Crippen molar-refractivity contribution >= 4 is 11.1 Å². The number of rotatable bonds is 4. The van der Waals surface area contributed by atoms with Crippen molar-refractivity contribution in [1.29, 1.82) is 0 Å². The molecule has 2 heteroatoms. The summed E-state index contributed by atoms with van der Waals surface area (Å²) in [6.07, 6.45) is 0. The van der Waals surface area contributed by atoms with Crippen LogP contribution in [0.2, 0.25) is 0 Å². The first-order valence-corrected chi connectivity index (χ1v) is 10.6. The summed E-state index contributed by atoms with van der Waals surface area (Å²) in [5.41, 5.74) is 6.87. The molecular formula is C28H38O2. The fourth-order valence-corrected chi connectivity index (χ4v) is 3.66. The zero-order chi connectivity index (χ0) is 23.2. The Morgan fingerprint density at radius 1 is 0.700 bits per heavy atom. The monoisotopic (exact) mass is 406 g/mol. The van der Waals surface area contributed by atoms with Gasteiger partial charge in [-0.2, -0.15) is 0 Å². The fraction of sp³-hybridized carbons (Fsp3) is 0.429. The predicted octanol–water partition coefficient (Wildman–Crippen LogP) is 7.91. The van der Waals surface area contributed by atoms with E-state index >= 15 is 0 Å². The number of allylic oxidation sites excluding steroid dienone is 2. The molecule has 0 aromatic heterocycles. The van der Waals surface area contributed by atoms with Gasteiger partial charge in [-0.1, -0.05) is 73.8 Å². The van der Waals surface area contributed by atoms with Gasteiger partial charge in [-0.25, -0.2) is 0 Å². The van der Waals surface area contributed by atoms with Gasteiger partial charge in [0.15, 0.2) is 0 Å². The minimum atomic E-state index is -0.203. The summed E-state index contributed by atoms with van der Waals surface area (Å²) in [6, 6.07) is 8.18. The van der Waals surface area contributed by atoms with Gasteiger partial charge in [0, 0.05) is 28.2 Å². The maximum Gasteiger partial charge on any atom is 0.126 e. The van der Waals surface area contributed by atoms with Crippen LogP contribution in [0, 0.1) is 0 Å². The van der Waals surface area contributed by atoms with E-state index in [9.17, 15) is 10.2 Å². The Labute approximate surface area is 183 Å². The number of phenols is 2. The highest BCUT2D eigenvalue weighted by Crippen LogP contribution is 2.44. The minimum Gasteiger partial charge on any atom is -0.507 e. The van der Waals surface area contributed by atoms with Crippen LogP contribution in [0.4, 0.5) is 0 Å². The van der Waals surface area contributed by atoms with Gasteiger partial charge >= 0.3 is 0 Å². The average molecular weight is 407 g/mol. The molecule has 0 saturated carbocycles. The van der Waals surface area contributed by atoms with Gasteiger partial charge in [-0.3, -0.25) is 0 Å². The SMILES string of the molecule is C=C(C)c1cc(C(C)(C)C)cc(C(C)c2cc(C(C)(C)C)cc(C(=C)C)c2O)c1O. The Morgan fingerprint density at radius 2 is 1.00 bits per heavy atom. The largest absolute Gasteiger partial charge is 0.507 e. The summed E-state index contributed by atoms with van der Waals surface area (Å²) in [7, 11) is 0. The molecule has 2 rings (SSSR count). The molecule has 2 nitrogen and oxygen atoms in total. The molecular weight excluding hydrogens is 368 g/mol. The molecule has 0 aliphatic carbocycles. The maximum absolute atomic E-state index is 11.1. The number of benzene rings is 2. The summed E-state index contributed by atoms with van der Waals surface area (Å²) in [6.45, 7) is 26.9. The normalized spacial score (nSPS) is 12.3. The standard InChI is InChI=1S/C28H38O2/c1-16(2)21-12-19(27(6,7)8)14-23(25(21)29)18(5)24-15-20(28(9,10)11)13-22(17(3)4)26(24)30/h12-15,18,29-30H,1,3H2,2,4-11H3. The van der Waals surface area contributed by atoms with Gasteiger partial charge in [0.05, 0.1) is 0 Å². The highest BCUT2D eigenvalue weighted by atomic mass is 16.3. The van der Waals surface area contributed by atoms with Crippen LogP contribution in [-0.2, 0) is 10.8 Å². The van der Waals surface area contributed by atoms with Gasteiger partial charge in [0.2, 0.25) is 0 Å². The third-order valence-corrected chi connectivity index (χ3v) is 5.86. The van der Waals surface area contributed by atoms with Crippen molar-refractivity contribution in [3.05, 3.63) is 70.8 Å². The van der Waals surface area contributed by atoms with Crippen LogP contribution in [0.15, 0.2) is 37.4 Å². The topological polar surface area (TPSA) is 40.5 Å². The van der Waals surface area contributed by atoms with Crippen LogP contribution in [0.1, 0.15) is 102 Å². The quantitative estimate of drug-likeness (QED) is 0.541. The second-order valence-corrected chi connectivity index (χ2v) is 10.7. The van der Waals surface area contributed by atoms with Gasteiger partial charge < -0.3 is 10.2 Å². The van der Waals surface area contributed by atoms with Crippen LogP contribution in [-0.4, -0.2) is 10.2 Å². The van der Waals surface area contributed by atoms with Gasteiger partial charge in [-0.05, 0) is 59.1 Å². The number of hydrogen-bond acceptors (Lipinski definition) is 2. The lowest BCUT2D eigenvalue weighted by molar-refractivity contribution is 0.453. The van der Waals surface area contributed by atoms with Crippen molar-refractivity contribution in [3.63, 3.8) is 0 Å². The summed E-state index contributed by atoms with van der Waals surface area (Å²) < 4.78 is 0. The molecule has 0 atom stereocenters. The van der Waals surface area contributed by atoms with Crippen LogP contribution in [0.3, 0.4) is 0 Å². The van der Waals surface area contributed by atoms with Crippen LogP contribution in [0.5, 0.6) is 11.5 Å². The van der Waals surface area contributed by atoms with Crippen LogP contribution < -0.4 is 0 Å². The molecule has 0 fully saturated rings. The highest BCUT2D eigenvalue weighted by molar-refractivity contribution is 5.73. The molecule has 0 bridgehead atoms. The molecule has 30 heavy (non-hydrogen) atoms. The molecule has 0 heterocycles. The van der Waals surface area contributed by atoms with E-state index in [2.05, 4.69) is 66.8 Å². The molecule has 0 unspecified atom stereocenters. The zero-order valence-electron chi connectivity index (χ0n) is 20.2. The van der Waals surface area contributed by atoms with Gasteiger partial charge in [-0.15, -0.1) is 0 Å². The third kappa shape index (κ3) is 4.64. The van der Waals surface area contributed by atoms with Crippen molar-refractivity contribution in [1.82, 2.24) is 0 Å². The molecule has 2 aromatic carbocycles. The number of aromatic hydroxyl groups is 2. The van der Waals surface area contributed by atoms with Gasteiger partial charge in [0.25, 0.3) is 0 Å². The van der Waals surface area contributed by atoms with E-state index in [0.29, 0.717) is 0 Å². The lowest BCUT2D eigenvalue weighted by atomic mass is 9.78. The molecule has 0 radical (unpaired) electrons. The molecule has 0 amide bonds.